The van der Waals surface area contributed by atoms with E-state index in [0.29, 0.717) is 6.04 Å². The summed E-state index contributed by atoms with van der Waals surface area (Å²) in [5.74, 6) is 0. The highest BCUT2D eigenvalue weighted by atomic mass is 15.1. The van der Waals surface area contributed by atoms with E-state index in [1.807, 2.05) is 7.05 Å². The van der Waals surface area contributed by atoms with Crippen LogP contribution in [0.5, 0.6) is 0 Å². The zero-order chi connectivity index (χ0) is 11.3. The van der Waals surface area contributed by atoms with Gasteiger partial charge in [-0.2, -0.15) is 0 Å². The Labute approximate surface area is 93.3 Å². The summed E-state index contributed by atoms with van der Waals surface area (Å²) in [5.41, 5.74) is 2.72. The van der Waals surface area contributed by atoms with Gasteiger partial charge in [0.05, 0.1) is 0 Å². The molecule has 0 aliphatic heterocycles. The molecule has 0 amide bonds. The molecule has 0 saturated carbocycles. The molecule has 1 rings (SSSR count). The van der Waals surface area contributed by atoms with Gasteiger partial charge >= 0.3 is 0 Å². The molecule has 1 aromatic rings. The Morgan fingerprint density at radius 3 is 2.60 bits per heavy atom. The van der Waals surface area contributed by atoms with Crippen LogP contribution in [0.25, 0.3) is 0 Å². The van der Waals surface area contributed by atoms with Crippen molar-refractivity contribution in [3.63, 3.8) is 0 Å². The highest BCUT2D eigenvalue weighted by molar-refractivity contribution is 5.25. The number of rotatable bonds is 5. The van der Waals surface area contributed by atoms with E-state index in [0.717, 1.165) is 13.0 Å². The summed E-state index contributed by atoms with van der Waals surface area (Å²) in [5, 5.41) is 3.37. The minimum atomic E-state index is 0.465. The van der Waals surface area contributed by atoms with Gasteiger partial charge in [-0.05, 0) is 46.6 Å². The van der Waals surface area contributed by atoms with Crippen LogP contribution in [0.4, 0.5) is 0 Å². The first-order valence-corrected chi connectivity index (χ1v) is 5.52. The molecule has 0 aliphatic carbocycles. The average Bonchev–Trinajstić information content (AvgIpc) is 2.18. The molecule has 1 aromatic carbocycles. The third kappa shape index (κ3) is 4.02. The molecular formula is C13H22N2. The molecule has 0 bridgehead atoms. The van der Waals surface area contributed by atoms with Crippen LogP contribution in [0, 0.1) is 6.92 Å². The predicted octanol–water partition coefficient (Wildman–Crippen LogP) is 2.21. The Morgan fingerprint density at radius 2 is 2.07 bits per heavy atom. The number of hydrogen-bond donors (Lipinski definition) is 1. The Bertz CT molecular complexity index is 294. The molecule has 0 heterocycles. The third-order valence-electron chi connectivity index (χ3n) is 2.66. The SMILES string of the molecule is CNC(CCN(C)C)c1cccc(C)c1. The average molecular weight is 206 g/mol. The van der Waals surface area contributed by atoms with E-state index in [9.17, 15) is 0 Å². The second-order valence-corrected chi connectivity index (χ2v) is 4.35. The van der Waals surface area contributed by atoms with Crippen molar-refractivity contribution >= 4 is 0 Å². The molecule has 0 aliphatic rings. The van der Waals surface area contributed by atoms with Crippen LogP contribution >= 0.6 is 0 Å². The largest absolute Gasteiger partial charge is 0.313 e. The van der Waals surface area contributed by atoms with E-state index in [1.165, 1.54) is 11.1 Å². The van der Waals surface area contributed by atoms with Crippen LogP contribution in [-0.2, 0) is 0 Å². The second-order valence-electron chi connectivity index (χ2n) is 4.35. The summed E-state index contributed by atoms with van der Waals surface area (Å²) in [7, 11) is 6.26. The number of benzene rings is 1. The lowest BCUT2D eigenvalue weighted by Crippen LogP contribution is -2.22. The Balaban J connectivity index is 2.65. The van der Waals surface area contributed by atoms with Crippen molar-refractivity contribution in [3.8, 4) is 0 Å². The lowest BCUT2D eigenvalue weighted by molar-refractivity contribution is 0.368. The summed E-state index contributed by atoms with van der Waals surface area (Å²) >= 11 is 0. The molecule has 2 nitrogen and oxygen atoms in total. The molecule has 0 fully saturated rings. The number of hydrogen-bond acceptors (Lipinski definition) is 2. The van der Waals surface area contributed by atoms with Gasteiger partial charge < -0.3 is 10.2 Å². The number of nitrogens with one attached hydrogen (secondary N) is 1. The van der Waals surface area contributed by atoms with Crippen LogP contribution in [0.1, 0.15) is 23.6 Å². The van der Waals surface area contributed by atoms with E-state index in [1.54, 1.807) is 0 Å². The van der Waals surface area contributed by atoms with Crippen LogP contribution in [-0.4, -0.2) is 32.6 Å². The van der Waals surface area contributed by atoms with Gasteiger partial charge in [0, 0.05) is 6.04 Å². The molecule has 1 N–H and O–H groups in total. The summed E-state index contributed by atoms with van der Waals surface area (Å²) in [6, 6.07) is 9.19. The Kier molecular flexibility index (Phi) is 4.79. The van der Waals surface area contributed by atoms with Crippen LogP contribution < -0.4 is 5.32 Å². The molecule has 84 valence electrons. The normalized spacial score (nSPS) is 13.1. The smallest absolute Gasteiger partial charge is 0.0329 e. The molecule has 1 atom stereocenters. The maximum Gasteiger partial charge on any atom is 0.0329 e. The van der Waals surface area contributed by atoms with Gasteiger partial charge in [0.25, 0.3) is 0 Å². The minimum absolute atomic E-state index is 0.465. The quantitative estimate of drug-likeness (QED) is 0.794. The Morgan fingerprint density at radius 1 is 1.33 bits per heavy atom. The first-order chi connectivity index (χ1) is 7.13. The van der Waals surface area contributed by atoms with Crippen LogP contribution in [0.15, 0.2) is 24.3 Å². The second kappa shape index (κ2) is 5.89. The van der Waals surface area contributed by atoms with E-state index < -0.39 is 0 Å². The topological polar surface area (TPSA) is 15.3 Å². The van der Waals surface area contributed by atoms with Gasteiger partial charge in [-0.15, -0.1) is 0 Å². The van der Waals surface area contributed by atoms with Gasteiger partial charge in [0.1, 0.15) is 0 Å². The van der Waals surface area contributed by atoms with Crippen molar-refractivity contribution in [2.24, 2.45) is 0 Å². The maximum atomic E-state index is 3.37. The highest BCUT2D eigenvalue weighted by Gasteiger charge is 2.08. The third-order valence-corrected chi connectivity index (χ3v) is 2.66. The van der Waals surface area contributed by atoms with Gasteiger partial charge in [-0.3, -0.25) is 0 Å². The summed E-state index contributed by atoms with van der Waals surface area (Å²) in [4.78, 5) is 2.22. The van der Waals surface area contributed by atoms with Gasteiger partial charge in [-0.1, -0.05) is 29.8 Å². The first kappa shape index (κ1) is 12.2. The fraction of sp³-hybridized carbons (Fsp3) is 0.538. The van der Waals surface area contributed by atoms with Crippen molar-refractivity contribution in [2.45, 2.75) is 19.4 Å². The van der Waals surface area contributed by atoms with Crippen LogP contribution in [0.3, 0.4) is 0 Å². The lowest BCUT2D eigenvalue weighted by Gasteiger charge is -2.19. The molecule has 0 saturated heterocycles. The monoisotopic (exact) mass is 206 g/mol. The predicted molar refractivity (Wildman–Crippen MR) is 66.2 cm³/mol. The van der Waals surface area contributed by atoms with Crippen molar-refractivity contribution in [1.29, 1.82) is 0 Å². The summed E-state index contributed by atoms with van der Waals surface area (Å²) in [6.07, 6.45) is 1.15. The number of nitrogens with zero attached hydrogens (tertiary/aromatic N) is 1. The molecule has 2 heteroatoms. The van der Waals surface area contributed by atoms with E-state index in [-0.39, 0.29) is 0 Å². The molecule has 15 heavy (non-hydrogen) atoms. The fourth-order valence-electron chi connectivity index (χ4n) is 1.75. The van der Waals surface area contributed by atoms with Gasteiger partial charge in [0.15, 0.2) is 0 Å². The Hall–Kier alpha value is -0.860. The zero-order valence-electron chi connectivity index (χ0n) is 10.2. The highest BCUT2D eigenvalue weighted by Crippen LogP contribution is 2.17. The minimum Gasteiger partial charge on any atom is -0.313 e. The van der Waals surface area contributed by atoms with Gasteiger partial charge in [-0.25, -0.2) is 0 Å². The molecule has 1 unspecified atom stereocenters. The molecule has 0 spiro atoms. The number of aryl methyl sites for hydroxylation is 1. The zero-order valence-corrected chi connectivity index (χ0v) is 10.2. The van der Waals surface area contributed by atoms with Crippen molar-refractivity contribution in [1.82, 2.24) is 10.2 Å². The van der Waals surface area contributed by atoms with E-state index in [2.05, 4.69) is 55.5 Å². The fourth-order valence-corrected chi connectivity index (χ4v) is 1.75. The summed E-state index contributed by atoms with van der Waals surface area (Å²) < 4.78 is 0. The maximum absolute atomic E-state index is 3.37. The van der Waals surface area contributed by atoms with Gasteiger partial charge in [0.2, 0.25) is 0 Å². The van der Waals surface area contributed by atoms with E-state index in [4.69, 9.17) is 0 Å². The molecule has 0 aromatic heterocycles. The van der Waals surface area contributed by atoms with Crippen molar-refractivity contribution < 1.29 is 0 Å². The standard InChI is InChI=1S/C13H22N2/c1-11-6-5-7-12(10-11)13(14-2)8-9-15(3)4/h5-7,10,13-14H,8-9H2,1-4H3. The first-order valence-electron chi connectivity index (χ1n) is 5.52. The molecular weight excluding hydrogens is 184 g/mol. The lowest BCUT2D eigenvalue weighted by atomic mass is 10.0. The van der Waals surface area contributed by atoms with E-state index >= 15 is 0 Å². The summed E-state index contributed by atoms with van der Waals surface area (Å²) in [6.45, 7) is 3.25. The molecule has 0 radical (unpaired) electrons. The van der Waals surface area contributed by atoms with Crippen molar-refractivity contribution in [2.75, 3.05) is 27.7 Å². The van der Waals surface area contributed by atoms with Crippen molar-refractivity contribution in [3.05, 3.63) is 35.4 Å². The van der Waals surface area contributed by atoms with Crippen LogP contribution in [0.2, 0.25) is 0 Å².